The summed E-state index contributed by atoms with van der Waals surface area (Å²) in [7, 11) is 0. The number of aromatic nitrogens is 4. The number of hydrogen-bond donors (Lipinski definition) is 2. The fraction of sp³-hybridized carbons (Fsp3) is 0.143. The predicted octanol–water partition coefficient (Wildman–Crippen LogP) is -0.753. The van der Waals surface area contributed by atoms with Crippen LogP contribution in [0, 0.1) is 6.92 Å². The van der Waals surface area contributed by atoms with Gasteiger partial charge in [0, 0.05) is 6.54 Å². The van der Waals surface area contributed by atoms with Gasteiger partial charge >= 0.3 is 5.69 Å². The second-order valence-corrected chi connectivity index (χ2v) is 2.54. The van der Waals surface area contributed by atoms with Crippen molar-refractivity contribution in [3.05, 3.63) is 34.1 Å². The van der Waals surface area contributed by atoms with E-state index in [1.54, 1.807) is 4.57 Å². The van der Waals surface area contributed by atoms with Crippen LogP contribution < -0.4 is 11.2 Å². The van der Waals surface area contributed by atoms with Gasteiger partial charge in [0.2, 0.25) is 0 Å². The third-order valence-electron chi connectivity index (χ3n) is 1.75. The van der Waals surface area contributed by atoms with E-state index >= 15 is 0 Å². The molecule has 0 atom stereocenters. The van der Waals surface area contributed by atoms with Crippen molar-refractivity contribution in [1.29, 1.82) is 0 Å². The van der Waals surface area contributed by atoms with Crippen LogP contribution in [0.5, 0.6) is 0 Å². The zero-order valence-corrected chi connectivity index (χ0v) is 6.70. The average Bonchev–Trinajstić information content (AvgIpc) is 2.47. The average molecular weight is 179 g/mol. The topological polar surface area (TPSA) is 83.5 Å². The molecule has 67 valence electrons. The molecule has 0 bridgehead atoms. The van der Waals surface area contributed by atoms with Gasteiger partial charge in [-0.05, 0) is 6.92 Å². The third-order valence-corrected chi connectivity index (χ3v) is 1.75. The Labute approximate surface area is 72.2 Å². The van der Waals surface area contributed by atoms with Crippen LogP contribution in [0.3, 0.4) is 0 Å². The van der Waals surface area contributed by atoms with Gasteiger partial charge in [0.05, 0.1) is 6.33 Å². The molecule has 0 aromatic carbocycles. The maximum Gasteiger partial charge on any atom is 0.327 e. The second kappa shape index (κ2) is 2.58. The maximum atomic E-state index is 11.3. The molecule has 13 heavy (non-hydrogen) atoms. The normalized spacial score (nSPS) is 10.8. The van der Waals surface area contributed by atoms with Crippen LogP contribution in [0.4, 0.5) is 0 Å². The van der Waals surface area contributed by atoms with Gasteiger partial charge in [0.25, 0.3) is 5.56 Å². The van der Waals surface area contributed by atoms with Crippen molar-refractivity contribution in [2.24, 2.45) is 0 Å². The first-order valence-corrected chi connectivity index (χ1v) is 3.69. The molecule has 2 rings (SSSR count). The van der Waals surface area contributed by atoms with E-state index in [4.69, 9.17) is 0 Å². The number of H-pyrrole nitrogens is 2. The smallest absolute Gasteiger partial charge is 0.325 e. The van der Waals surface area contributed by atoms with Crippen molar-refractivity contribution < 1.29 is 0 Å². The predicted molar refractivity (Wildman–Crippen MR) is 46.3 cm³/mol. The van der Waals surface area contributed by atoms with E-state index in [1.165, 1.54) is 6.33 Å². The Balaban J connectivity index is 2.99. The van der Waals surface area contributed by atoms with E-state index in [-0.39, 0.29) is 5.65 Å². The monoisotopic (exact) mass is 179 g/mol. The molecule has 2 aromatic rings. The molecule has 0 aliphatic heterocycles. The van der Waals surface area contributed by atoms with Crippen LogP contribution in [-0.4, -0.2) is 19.5 Å². The largest absolute Gasteiger partial charge is 0.327 e. The maximum absolute atomic E-state index is 11.3. The van der Waals surface area contributed by atoms with E-state index in [2.05, 4.69) is 21.9 Å². The number of nitrogens with one attached hydrogen (secondary N) is 2. The van der Waals surface area contributed by atoms with Gasteiger partial charge in [0.15, 0.2) is 11.2 Å². The highest BCUT2D eigenvalue weighted by atomic mass is 16.2. The molecular weight excluding hydrogens is 172 g/mol. The number of aromatic amines is 2. The van der Waals surface area contributed by atoms with Crippen LogP contribution in [0.25, 0.3) is 11.2 Å². The van der Waals surface area contributed by atoms with Gasteiger partial charge in [0.1, 0.15) is 0 Å². The van der Waals surface area contributed by atoms with E-state index in [9.17, 15) is 9.59 Å². The standard InChI is InChI=1S/C7H7N4O2/c1-2-11-3-8-5-4(11)6(12)10-7(13)9-5/h3H,1-2H2,(H2,9,10,12,13). The fourth-order valence-electron chi connectivity index (χ4n) is 1.18. The van der Waals surface area contributed by atoms with E-state index < -0.39 is 11.2 Å². The molecule has 0 amide bonds. The van der Waals surface area contributed by atoms with Crippen LogP contribution >= 0.6 is 0 Å². The first kappa shape index (κ1) is 7.78. The van der Waals surface area contributed by atoms with Crippen LogP contribution in [0.2, 0.25) is 0 Å². The Morgan fingerprint density at radius 2 is 2.23 bits per heavy atom. The molecule has 0 saturated carbocycles. The van der Waals surface area contributed by atoms with Gasteiger partial charge in [-0.3, -0.25) is 14.8 Å². The lowest BCUT2D eigenvalue weighted by Gasteiger charge is -1.94. The minimum atomic E-state index is -0.549. The number of hydrogen-bond acceptors (Lipinski definition) is 3. The lowest BCUT2D eigenvalue weighted by molar-refractivity contribution is 0.840. The first-order chi connectivity index (χ1) is 6.22. The van der Waals surface area contributed by atoms with Crippen molar-refractivity contribution in [3.63, 3.8) is 0 Å². The highest BCUT2D eigenvalue weighted by Crippen LogP contribution is 2.00. The summed E-state index contributed by atoms with van der Waals surface area (Å²) in [5, 5.41) is 0. The second-order valence-electron chi connectivity index (χ2n) is 2.54. The summed E-state index contributed by atoms with van der Waals surface area (Å²) >= 11 is 0. The van der Waals surface area contributed by atoms with Crippen molar-refractivity contribution in [1.82, 2.24) is 19.5 Å². The summed E-state index contributed by atoms with van der Waals surface area (Å²) in [6.45, 7) is 4.01. The molecule has 2 aromatic heterocycles. The van der Waals surface area contributed by atoms with Crippen molar-refractivity contribution in [2.45, 2.75) is 6.54 Å². The fourth-order valence-corrected chi connectivity index (χ4v) is 1.18. The van der Waals surface area contributed by atoms with E-state index in [0.717, 1.165) is 0 Å². The highest BCUT2D eigenvalue weighted by molar-refractivity contribution is 5.68. The van der Waals surface area contributed by atoms with E-state index in [1.807, 2.05) is 0 Å². The summed E-state index contributed by atoms with van der Waals surface area (Å²) in [5.74, 6) is 0. The lowest BCUT2D eigenvalue weighted by Crippen LogP contribution is -2.23. The molecule has 0 fully saturated rings. The first-order valence-electron chi connectivity index (χ1n) is 3.69. The van der Waals surface area contributed by atoms with Crippen molar-refractivity contribution in [2.75, 3.05) is 0 Å². The molecule has 6 nitrogen and oxygen atoms in total. The molecule has 0 aliphatic rings. The van der Waals surface area contributed by atoms with Gasteiger partial charge in [-0.25, -0.2) is 9.78 Å². The molecule has 6 heteroatoms. The zero-order valence-electron chi connectivity index (χ0n) is 6.70. The van der Waals surface area contributed by atoms with Crippen molar-refractivity contribution >= 4 is 11.2 Å². The van der Waals surface area contributed by atoms with Crippen molar-refractivity contribution in [3.8, 4) is 0 Å². The Morgan fingerprint density at radius 3 is 2.92 bits per heavy atom. The minimum Gasteiger partial charge on any atom is -0.325 e. The number of nitrogens with zero attached hydrogens (tertiary/aromatic N) is 2. The van der Waals surface area contributed by atoms with Gasteiger partial charge < -0.3 is 4.57 Å². The number of imidazole rings is 1. The van der Waals surface area contributed by atoms with Crippen LogP contribution in [0.1, 0.15) is 0 Å². The number of rotatable bonds is 1. The highest BCUT2D eigenvalue weighted by Gasteiger charge is 2.05. The lowest BCUT2D eigenvalue weighted by atomic mass is 10.5. The molecule has 2 heterocycles. The Bertz CT molecular complexity index is 547. The Morgan fingerprint density at radius 1 is 1.46 bits per heavy atom. The number of fused-ring (bicyclic) bond motifs is 1. The minimum absolute atomic E-state index is 0.289. The molecular formula is C7H7N4O2. The van der Waals surface area contributed by atoms with Crippen LogP contribution in [-0.2, 0) is 6.54 Å². The van der Waals surface area contributed by atoms with E-state index in [0.29, 0.717) is 12.1 Å². The van der Waals surface area contributed by atoms with Gasteiger partial charge in [-0.15, -0.1) is 0 Å². The zero-order chi connectivity index (χ0) is 9.42. The quantitative estimate of drug-likeness (QED) is 0.604. The van der Waals surface area contributed by atoms with Gasteiger partial charge in [-0.2, -0.15) is 0 Å². The third kappa shape index (κ3) is 1.07. The molecule has 1 radical (unpaired) electrons. The summed E-state index contributed by atoms with van der Waals surface area (Å²) in [4.78, 5) is 30.5. The van der Waals surface area contributed by atoms with Gasteiger partial charge in [-0.1, -0.05) is 0 Å². The Hall–Kier alpha value is -1.85. The molecule has 2 N–H and O–H groups in total. The molecule has 0 aliphatic carbocycles. The Kier molecular flexibility index (Phi) is 1.54. The SMILES string of the molecule is [CH2]Cn1cnc2[nH]c(=O)[nH]c(=O)c21. The summed E-state index contributed by atoms with van der Waals surface area (Å²) < 4.78 is 1.56. The van der Waals surface area contributed by atoms with Crippen LogP contribution in [0.15, 0.2) is 15.9 Å². The summed E-state index contributed by atoms with van der Waals surface area (Å²) in [5.41, 5.74) is -0.362. The molecule has 0 saturated heterocycles. The molecule has 0 unspecified atom stereocenters. The molecule has 0 spiro atoms. The summed E-state index contributed by atoms with van der Waals surface area (Å²) in [6, 6.07) is 0. The summed E-state index contributed by atoms with van der Waals surface area (Å²) in [6.07, 6.45) is 1.46.